The fourth-order valence-corrected chi connectivity index (χ4v) is 4.64. The summed E-state index contributed by atoms with van der Waals surface area (Å²) in [5, 5.41) is 11.3. The summed E-state index contributed by atoms with van der Waals surface area (Å²) in [6, 6.07) is 10.6. The molecule has 2 fully saturated rings. The highest BCUT2D eigenvalue weighted by molar-refractivity contribution is 5.25. The Morgan fingerprint density at radius 2 is 2.12 bits per heavy atom. The average molecular weight is 358 g/mol. The number of aliphatic hydroxyl groups excluding tert-OH is 1. The van der Waals surface area contributed by atoms with Crippen LogP contribution in [0.2, 0.25) is 0 Å². The second kappa shape index (κ2) is 8.69. The molecule has 0 saturated carbocycles. The summed E-state index contributed by atoms with van der Waals surface area (Å²) in [6.45, 7) is 9.19. The highest BCUT2D eigenvalue weighted by Crippen LogP contribution is 2.40. The maximum absolute atomic E-state index is 11.3. The van der Waals surface area contributed by atoms with Crippen LogP contribution in [-0.4, -0.2) is 40.8 Å². The number of hydrogen-bond acceptors (Lipinski definition) is 3. The van der Waals surface area contributed by atoms with Crippen molar-refractivity contribution in [2.45, 2.75) is 77.2 Å². The summed E-state index contributed by atoms with van der Waals surface area (Å²) >= 11 is 0. The van der Waals surface area contributed by atoms with Gasteiger partial charge in [0, 0.05) is 12.6 Å². The Labute approximate surface area is 159 Å². The lowest BCUT2D eigenvalue weighted by Gasteiger charge is -2.49. The number of nitrogens with zero attached hydrogens (tertiary/aromatic N) is 1. The standard InChI is InChI=1S/C23H35NO2/c1-4-5-10-18(2)15-20-16-24-14-9-13-21(24)23(3,22(20)25)26-17-19-11-7-6-8-12-19/h6-8,11-12,15,18,21-22,25H,4-5,9-10,13-14,16-17H2,1-3H3/b20-15+/t18-,21+,22-,23-/m1/s1. The lowest BCUT2D eigenvalue weighted by atomic mass is 9.79. The molecule has 0 spiro atoms. The molecule has 144 valence electrons. The van der Waals surface area contributed by atoms with Crippen LogP contribution in [0.25, 0.3) is 0 Å². The van der Waals surface area contributed by atoms with Gasteiger partial charge in [-0.3, -0.25) is 4.90 Å². The van der Waals surface area contributed by atoms with Crippen molar-refractivity contribution in [2.24, 2.45) is 5.92 Å². The van der Waals surface area contributed by atoms with E-state index in [4.69, 9.17) is 4.74 Å². The quantitative estimate of drug-likeness (QED) is 0.727. The van der Waals surface area contributed by atoms with Crippen molar-refractivity contribution >= 4 is 0 Å². The summed E-state index contributed by atoms with van der Waals surface area (Å²) in [5.41, 5.74) is 1.78. The van der Waals surface area contributed by atoms with E-state index >= 15 is 0 Å². The Morgan fingerprint density at radius 3 is 2.85 bits per heavy atom. The number of ether oxygens (including phenoxy) is 1. The number of benzene rings is 1. The summed E-state index contributed by atoms with van der Waals surface area (Å²) in [5.74, 6) is 0.511. The fourth-order valence-electron chi connectivity index (χ4n) is 4.64. The molecular formula is C23H35NO2. The molecule has 0 radical (unpaired) electrons. The predicted molar refractivity (Wildman–Crippen MR) is 107 cm³/mol. The van der Waals surface area contributed by atoms with Crippen molar-refractivity contribution in [1.29, 1.82) is 0 Å². The largest absolute Gasteiger partial charge is 0.386 e. The molecule has 26 heavy (non-hydrogen) atoms. The van der Waals surface area contributed by atoms with Gasteiger partial charge in [-0.25, -0.2) is 0 Å². The molecule has 0 amide bonds. The first-order valence-corrected chi connectivity index (χ1v) is 10.3. The van der Waals surface area contributed by atoms with Gasteiger partial charge in [-0.1, -0.05) is 63.1 Å². The minimum absolute atomic E-state index is 0.310. The van der Waals surface area contributed by atoms with E-state index in [9.17, 15) is 5.11 Å². The number of rotatable bonds is 7. The van der Waals surface area contributed by atoms with Gasteiger partial charge in [-0.15, -0.1) is 0 Å². The van der Waals surface area contributed by atoms with Gasteiger partial charge >= 0.3 is 0 Å². The number of allylic oxidation sites excluding steroid dienone is 1. The van der Waals surface area contributed by atoms with E-state index in [0.29, 0.717) is 18.6 Å². The second-order valence-electron chi connectivity index (χ2n) is 8.35. The van der Waals surface area contributed by atoms with E-state index < -0.39 is 11.7 Å². The molecule has 0 aromatic heterocycles. The van der Waals surface area contributed by atoms with Crippen molar-refractivity contribution in [3.8, 4) is 0 Å². The lowest BCUT2D eigenvalue weighted by molar-refractivity contribution is -0.158. The predicted octanol–water partition coefficient (Wildman–Crippen LogP) is 4.55. The monoisotopic (exact) mass is 357 g/mol. The van der Waals surface area contributed by atoms with Crippen LogP contribution in [0.15, 0.2) is 42.0 Å². The summed E-state index contributed by atoms with van der Waals surface area (Å²) in [7, 11) is 0. The molecule has 1 aromatic rings. The molecule has 0 aliphatic carbocycles. The summed E-state index contributed by atoms with van der Waals surface area (Å²) < 4.78 is 6.44. The van der Waals surface area contributed by atoms with Crippen molar-refractivity contribution in [1.82, 2.24) is 4.90 Å². The third-order valence-electron chi connectivity index (χ3n) is 6.21. The third kappa shape index (κ3) is 4.21. The molecule has 2 aliphatic rings. The molecule has 2 aliphatic heterocycles. The van der Waals surface area contributed by atoms with Gasteiger partial charge in [0.25, 0.3) is 0 Å². The van der Waals surface area contributed by atoms with Gasteiger partial charge in [0.1, 0.15) is 11.7 Å². The Balaban J connectivity index is 1.77. The Hall–Kier alpha value is -1.16. The minimum Gasteiger partial charge on any atom is -0.386 e. The first kappa shape index (κ1) is 19.6. The number of fused-ring (bicyclic) bond motifs is 1. The normalized spacial score (nSPS) is 31.9. The number of hydrogen-bond donors (Lipinski definition) is 1. The molecule has 0 unspecified atom stereocenters. The van der Waals surface area contributed by atoms with E-state index in [0.717, 1.165) is 30.6 Å². The van der Waals surface area contributed by atoms with E-state index in [1.165, 1.54) is 25.7 Å². The lowest BCUT2D eigenvalue weighted by Crippen LogP contribution is -2.62. The Kier molecular flexibility index (Phi) is 6.55. The van der Waals surface area contributed by atoms with Gasteiger partial charge in [-0.05, 0) is 49.8 Å². The van der Waals surface area contributed by atoms with Crippen LogP contribution in [0.4, 0.5) is 0 Å². The first-order valence-electron chi connectivity index (χ1n) is 10.3. The highest BCUT2D eigenvalue weighted by Gasteiger charge is 2.51. The van der Waals surface area contributed by atoms with Crippen molar-refractivity contribution in [3.63, 3.8) is 0 Å². The molecule has 1 N–H and O–H groups in total. The van der Waals surface area contributed by atoms with E-state index in [2.05, 4.69) is 43.9 Å². The van der Waals surface area contributed by atoms with Gasteiger partial charge in [-0.2, -0.15) is 0 Å². The Bertz CT molecular complexity index is 599. The topological polar surface area (TPSA) is 32.7 Å². The maximum Gasteiger partial charge on any atom is 0.111 e. The average Bonchev–Trinajstić information content (AvgIpc) is 3.13. The zero-order chi connectivity index (χ0) is 18.6. The molecule has 3 heteroatoms. The van der Waals surface area contributed by atoms with Crippen LogP contribution in [-0.2, 0) is 11.3 Å². The van der Waals surface area contributed by atoms with Gasteiger partial charge in [0.15, 0.2) is 0 Å². The van der Waals surface area contributed by atoms with E-state index in [1.807, 2.05) is 18.2 Å². The van der Waals surface area contributed by atoms with Crippen LogP contribution < -0.4 is 0 Å². The van der Waals surface area contributed by atoms with Gasteiger partial charge < -0.3 is 9.84 Å². The van der Waals surface area contributed by atoms with Crippen LogP contribution >= 0.6 is 0 Å². The number of piperidine rings is 1. The smallest absolute Gasteiger partial charge is 0.111 e. The molecule has 2 saturated heterocycles. The molecule has 3 rings (SSSR count). The van der Waals surface area contributed by atoms with E-state index in [-0.39, 0.29) is 0 Å². The number of aliphatic hydroxyl groups is 1. The van der Waals surface area contributed by atoms with Gasteiger partial charge in [0.2, 0.25) is 0 Å². The van der Waals surface area contributed by atoms with Crippen molar-refractivity contribution < 1.29 is 9.84 Å². The second-order valence-corrected chi connectivity index (χ2v) is 8.35. The van der Waals surface area contributed by atoms with Crippen molar-refractivity contribution in [2.75, 3.05) is 13.1 Å². The molecule has 2 heterocycles. The molecule has 0 bridgehead atoms. The van der Waals surface area contributed by atoms with Crippen LogP contribution in [0.3, 0.4) is 0 Å². The highest BCUT2D eigenvalue weighted by atomic mass is 16.5. The molecule has 1 aromatic carbocycles. The maximum atomic E-state index is 11.3. The van der Waals surface area contributed by atoms with Crippen LogP contribution in [0.1, 0.15) is 58.4 Å². The van der Waals surface area contributed by atoms with Crippen molar-refractivity contribution in [3.05, 3.63) is 47.5 Å². The fraction of sp³-hybridized carbons (Fsp3) is 0.652. The van der Waals surface area contributed by atoms with Crippen LogP contribution in [0, 0.1) is 5.92 Å². The SMILES string of the molecule is CCCC[C@@H](C)/C=C1\CN2CCC[C@H]2[C@@](C)(OCc2ccccc2)[C@@H]1O. The summed E-state index contributed by atoms with van der Waals surface area (Å²) in [4.78, 5) is 2.52. The minimum atomic E-state index is -0.541. The van der Waals surface area contributed by atoms with Gasteiger partial charge in [0.05, 0.1) is 6.61 Å². The first-order chi connectivity index (χ1) is 12.5. The molecule has 4 atom stereocenters. The molecule has 3 nitrogen and oxygen atoms in total. The third-order valence-corrected chi connectivity index (χ3v) is 6.21. The summed E-state index contributed by atoms with van der Waals surface area (Å²) in [6.07, 6.45) is 7.77. The number of unbranched alkanes of at least 4 members (excludes halogenated alkanes) is 1. The van der Waals surface area contributed by atoms with E-state index in [1.54, 1.807) is 0 Å². The van der Waals surface area contributed by atoms with Crippen LogP contribution in [0.5, 0.6) is 0 Å². The molecular weight excluding hydrogens is 322 g/mol. The Morgan fingerprint density at radius 1 is 1.35 bits per heavy atom. The zero-order valence-electron chi connectivity index (χ0n) is 16.7. The zero-order valence-corrected chi connectivity index (χ0v) is 16.7.